The highest BCUT2D eigenvalue weighted by Crippen LogP contribution is 2.43. The number of hydrogen-bond acceptors (Lipinski definition) is 5. The van der Waals surface area contributed by atoms with E-state index in [9.17, 15) is 49.7 Å². The van der Waals surface area contributed by atoms with Gasteiger partial charge in [-0.1, -0.05) is 0 Å². The molecule has 1 aliphatic rings. The molecule has 0 saturated carbocycles. The zero-order valence-corrected chi connectivity index (χ0v) is 14.0. The molecule has 0 aliphatic carbocycles. The van der Waals surface area contributed by atoms with Gasteiger partial charge in [-0.15, -0.1) is 0 Å². The van der Waals surface area contributed by atoms with Gasteiger partial charge in [-0.25, -0.2) is 5.01 Å². The third kappa shape index (κ3) is 4.25. The van der Waals surface area contributed by atoms with Crippen LogP contribution in [0.2, 0.25) is 0 Å². The molecule has 0 fully saturated rings. The van der Waals surface area contributed by atoms with Crippen LogP contribution in [0.15, 0.2) is 17.2 Å². The summed E-state index contributed by atoms with van der Waals surface area (Å²) in [6, 6.07) is 0.920. The molecule has 0 saturated heterocycles. The van der Waals surface area contributed by atoms with Gasteiger partial charge in [0, 0.05) is 5.71 Å². The fraction of sp³-hybridized carbons (Fsp3) is 0.467. The lowest BCUT2D eigenvalue weighted by Gasteiger charge is -2.28. The summed E-state index contributed by atoms with van der Waals surface area (Å²) in [5.41, 5.74) is -7.40. The van der Waals surface area contributed by atoms with Gasteiger partial charge in [0.25, 0.3) is 0 Å². The summed E-state index contributed by atoms with van der Waals surface area (Å²) in [5, 5.41) is 31.6. The van der Waals surface area contributed by atoms with E-state index in [1.807, 2.05) is 0 Å². The zero-order chi connectivity index (χ0) is 22.5. The fourth-order valence-electron chi connectivity index (χ4n) is 2.80. The first-order valence-corrected chi connectivity index (χ1v) is 7.49. The van der Waals surface area contributed by atoms with Gasteiger partial charge in [0.05, 0.1) is 28.3 Å². The molecule has 14 heteroatoms. The predicted octanol–water partition coefficient (Wildman–Crippen LogP) is 3.65. The summed E-state index contributed by atoms with van der Waals surface area (Å²) in [5.74, 6) is -2.16. The molecule has 3 atom stereocenters. The second-order valence-corrected chi connectivity index (χ2v) is 6.04. The van der Waals surface area contributed by atoms with Gasteiger partial charge in [-0.3, -0.25) is 0 Å². The van der Waals surface area contributed by atoms with Gasteiger partial charge < -0.3 is 10.2 Å². The van der Waals surface area contributed by atoms with Crippen molar-refractivity contribution in [2.75, 3.05) is 5.01 Å². The third-order valence-electron chi connectivity index (χ3n) is 4.11. The van der Waals surface area contributed by atoms with E-state index >= 15 is 0 Å². The van der Waals surface area contributed by atoms with E-state index in [-0.39, 0.29) is 17.1 Å². The lowest BCUT2D eigenvalue weighted by atomic mass is 9.95. The van der Waals surface area contributed by atoms with E-state index in [1.54, 1.807) is 0 Å². The minimum Gasteiger partial charge on any atom is -0.383 e. The van der Waals surface area contributed by atoms with Crippen LogP contribution in [0, 0.1) is 17.2 Å². The van der Waals surface area contributed by atoms with E-state index < -0.39 is 64.9 Å². The molecule has 1 aromatic carbocycles. The van der Waals surface area contributed by atoms with Crippen LogP contribution in [0.25, 0.3) is 0 Å². The molecule has 5 nitrogen and oxygen atoms in total. The summed E-state index contributed by atoms with van der Waals surface area (Å²) >= 11 is 0. The first-order valence-electron chi connectivity index (χ1n) is 7.49. The summed E-state index contributed by atoms with van der Waals surface area (Å²) in [4.78, 5) is 0. The topological polar surface area (TPSA) is 79.9 Å². The van der Waals surface area contributed by atoms with Crippen molar-refractivity contribution in [1.82, 2.24) is 0 Å². The average Bonchev–Trinajstić information content (AvgIpc) is 2.84. The number of nitriles is 1. The number of halogens is 9. The van der Waals surface area contributed by atoms with Crippen LogP contribution in [0.5, 0.6) is 0 Å². The molecule has 160 valence electrons. The Hall–Kier alpha value is -2.53. The molecule has 0 spiro atoms. The molecular formula is C15H10F9N3O2. The number of nitrogens with zero attached hydrogens (tertiary/aromatic N) is 3. The maximum atomic E-state index is 13.2. The molecule has 1 heterocycles. The van der Waals surface area contributed by atoms with Crippen molar-refractivity contribution in [1.29, 1.82) is 5.26 Å². The molecule has 0 amide bonds. The van der Waals surface area contributed by atoms with Crippen LogP contribution in [-0.4, -0.2) is 34.4 Å². The van der Waals surface area contributed by atoms with Crippen LogP contribution in [0.1, 0.15) is 23.6 Å². The molecule has 3 unspecified atom stereocenters. The predicted molar refractivity (Wildman–Crippen MR) is 78.3 cm³/mol. The number of alkyl halides is 9. The van der Waals surface area contributed by atoms with E-state index in [2.05, 4.69) is 5.10 Å². The van der Waals surface area contributed by atoms with Crippen LogP contribution in [0.4, 0.5) is 45.2 Å². The van der Waals surface area contributed by atoms with Gasteiger partial charge in [0.1, 0.15) is 6.07 Å². The Bertz CT molecular complexity index is 833. The van der Waals surface area contributed by atoms with E-state index in [4.69, 9.17) is 5.26 Å². The molecule has 0 bridgehead atoms. The maximum Gasteiger partial charge on any atom is 0.417 e. The number of hydrogen-bond donors (Lipinski definition) is 2. The van der Waals surface area contributed by atoms with Crippen molar-refractivity contribution in [3.05, 3.63) is 28.8 Å². The summed E-state index contributed by atoms with van der Waals surface area (Å²) < 4.78 is 117. The SMILES string of the molecule is CC1=NN(c2cc(C(F)(F)F)c(C#N)c(C(F)(F)F)c2)C(O)C1C(O)C(F)(F)F. The minimum atomic E-state index is -5.42. The Kier molecular flexibility index (Phi) is 5.54. The maximum absolute atomic E-state index is 13.2. The third-order valence-corrected chi connectivity index (χ3v) is 4.11. The average molecular weight is 435 g/mol. The van der Waals surface area contributed by atoms with Crippen LogP contribution in [-0.2, 0) is 12.4 Å². The second-order valence-electron chi connectivity index (χ2n) is 6.04. The highest BCUT2D eigenvalue weighted by atomic mass is 19.4. The Balaban J connectivity index is 2.66. The largest absolute Gasteiger partial charge is 0.417 e. The Labute approximate surface area is 156 Å². The van der Waals surface area contributed by atoms with Crippen LogP contribution < -0.4 is 5.01 Å². The van der Waals surface area contributed by atoms with E-state index in [0.717, 1.165) is 13.0 Å². The van der Waals surface area contributed by atoms with Gasteiger partial charge in [0.15, 0.2) is 12.3 Å². The molecule has 0 aromatic heterocycles. The van der Waals surface area contributed by atoms with Gasteiger partial charge in [-0.2, -0.15) is 49.9 Å². The molecule has 2 rings (SSSR count). The second kappa shape index (κ2) is 7.06. The normalized spacial score (nSPS) is 21.8. The molecule has 1 aliphatic heterocycles. The first kappa shape index (κ1) is 22.8. The summed E-state index contributed by atoms with van der Waals surface area (Å²) in [6.07, 6.45) is -21.7. The Morgan fingerprint density at radius 3 is 1.83 bits per heavy atom. The molecule has 29 heavy (non-hydrogen) atoms. The quantitative estimate of drug-likeness (QED) is 0.696. The standard InChI is InChI=1S/C15H10F9N3O2/c1-5-10(11(28)15(22,23)24)12(29)27(26-5)6-2-8(13(16,17)18)7(4-25)9(3-6)14(19,20)21/h2-3,10-12,28-29H,1H3. The van der Waals surface area contributed by atoms with Crippen molar-refractivity contribution in [2.24, 2.45) is 11.0 Å². The molecule has 0 radical (unpaired) electrons. The monoisotopic (exact) mass is 435 g/mol. The first-order chi connectivity index (χ1) is 13.0. The molecule has 2 N–H and O–H groups in total. The number of hydrazone groups is 1. The van der Waals surface area contributed by atoms with Crippen molar-refractivity contribution in [3.63, 3.8) is 0 Å². The summed E-state index contributed by atoms with van der Waals surface area (Å²) in [7, 11) is 0. The number of aliphatic hydroxyl groups excluding tert-OH is 2. The lowest BCUT2D eigenvalue weighted by Crippen LogP contribution is -2.46. The number of aliphatic hydroxyl groups is 2. The number of anilines is 1. The van der Waals surface area contributed by atoms with Gasteiger partial charge in [-0.05, 0) is 19.1 Å². The fourth-order valence-corrected chi connectivity index (χ4v) is 2.80. The molecular weight excluding hydrogens is 425 g/mol. The Morgan fingerprint density at radius 2 is 1.48 bits per heavy atom. The molecule has 1 aromatic rings. The minimum absolute atomic E-state index is 0.0517. The zero-order valence-electron chi connectivity index (χ0n) is 14.0. The van der Waals surface area contributed by atoms with Gasteiger partial charge in [0.2, 0.25) is 0 Å². The van der Waals surface area contributed by atoms with Crippen molar-refractivity contribution >= 4 is 11.4 Å². The highest BCUT2D eigenvalue weighted by Gasteiger charge is 2.52. The van der Waals surface area contributed by atoms with Crippen LogP contribution in [0.3, 0.4) is 0 Å². The lowest BCUT2D eigenvalue weighted by molar-refractivity contribution is -0.219. The van der Waals surface area contributed by atoms with E-state index in [0.29, 0.717) is 0 Å². The number of benzene rings is 1. The van der Waals surface area contributed by atoms with E-state index in [1.165, 1.54) is 0 Å². The number of rotatable bonds is 2. The van der Waals surface area contributed by atoms with Crippen molar-refractivity contribution in [3.8, 4) is 6.07 Å². The van der Waals surface area contributed by atoms with Gasteiger partial charge >= 0.3 is 18.5 Å². The van der Waals surface area contributed by atoms with Crippen LogP contribution >= 0.6 is 0 Å². The van der Waals surface area contributed by atoms with Crippen molar-refractivity contribution in [2.45, 2.75) is 37.8 Å². The smallest absolute Gasteiger partial charge is 0.383 e. The summed E-state index contributed by atoms with van der Waals surface area (Å²) in [6.45, 7) is 0.905. The highest BCUT2D eigenvalue weighted by molar-refractivity contribution is 5.89. The van der Waals surface area contributed by atoms with Crippen molar-refractivity contribution < 1.29 is 49.7 Å². The Morgan fingerprint density at radius 1 is 1.03 bits per heavy atom.